The summed E-state index contributed by atoms with van der Waals surface area (Å²) in [6, 6.07) is 9.25. The van der Waals surface area contributed by atoms with Crippen LogP contribution in [0.5, 0.6) is 11.6 Å². The van der Waals surface area contributed by atoms with E-state index in [9.17, 15) is 9.18 Å². The lowest BCUT2D eigenvalue weighted by Gasteiger charge is -2.28. The molecule has 0 aliphatic heterocycles. The standard InChI is InChI=1S/C19H24FN3O2/c1-3-19(4-2,13-21)18(24)23-12-14-9-10-22-17(11-14)25-16-7-5-15(20)6-8-16/h5-11H,3-4,12-13,21H2,1-2H3,(H,23,24). The topological polar surface area (TPSA) is 77.2 Å². The van der Waals surface area contributed by atoms with Gasteiger partial charge in [-0.05, 0) is 48.7 Å². The monoisotopic (exact) mass is 345 g/mol. The maximum atomic E-state index is 12.9. The molecule has 0 atom stereocenters. The van der Waals surface area contributed by atoms with Gasteiger partial charge in [0.25, 0.3) is 0 Å². The third-order valence-electron chi connectivity index (χ3n) is 4.51. The summed E-state index contributed by atoms with van der Waals surface area (Å²) in [6.07, 6.45) is 3.00. The van der Waals surface area contributed by atoms with Gasteiger partial charge in [-0.2, -0.15) is 0 Å². The molecule has 6 heteroatoms. The van der Waals surface area contributed by atoms with Gasteiger partial charge in [-0.25, -0.2) is 9.37 Å². The van der Waals surface area contributed by atoms with Crippen molar-refractivity contribution in [1.29, 1.82) is 0 Å². The minimum absolute atomic E-state index is 0.0437. The number of nitrogens with zero attached hydrogens (tertiary/aromatic N) is 1. The Morgan fingerprint density at radius 3 is 2.52 bits per heavy atom. The number of nitrogens with one attached hydrogen (secondary N) is 1. The molecule has 0 fully saturated rings. The zero-order valence-corrected chi connectivity index (χ0v) is 14.6. The highest BCUT2D eigenvalue weighted by atomic mass is 19.1. The summed E-state index contributed by atoms with van der Waals surface area (Å²) in [7, 11) is 0. The summed E-state index contributed by atoms with van der Waals surface area (Å²) >= 11 is 0. The number of carbonyl (C=O) groups is 1. The van der Waals surface area contributed by atoms with Crippen molar-refractivity contribution in [3.8, 4) is 11.6 Å². The van der Waals surface area contributed by atoms with E-state index in [-0.39, 0.29) is 11.7 Å². The molecule has 134 valence electrons. The van der Waals surface area contributed by atoms with Crippen molar-refractivity contribution >= 4 is 5.91 Å². The molecular formula is C19H24FN3O2. The van der Waals surface area contributed by atoms with Crippen molar-refractivity contribution in [2.45, 2.75) is 33.2 Å². The summed E-state index contributed by atoms with van der Waals surface area (Å²) in [5.74, 6) is 0.508. The van der Waals surface area contributed by atoms with Crippen molar-refractivity contribution in [2.75, 3.05) is 6.54 Å². The number of aromatic nitrogens is 1. The molecule has 0 unspecified atom stereocenters. The van der Waals surface area contributed by atoms with Crippen molar-refractivity contribution < 1.29 is 13.9 Å². The van der Waals surface area contributed by atoms with Crippen LogP contribution >= 0.6 is 0 Å². The number of rotatable bonds is 8. The maximum absolute atomic E-state index is 12.9. The Morgan fingerprint density at radius 1 is 1.24 bits per heavy atom. The average Bonchev–Trinajstić information content (AvgIpc) is 2.64. The number of ether oxygens (including phenoxy) is 1. The zero-order valence-electron chi connectivity index (χ0n) is 14.6. The lowest BCUT2D eigenvalue weighted by Crippen LogP contribution is -2.45. The van der Waals surface area contributed by atoms with Gasteiger partial charge < -0.3 is 15.8 Å². The van der Waals surface area contributed by atoms with Crippen molar-refractivity contribution in [3.05, 3.63) is 54.0 Å². The number of carbonyl (C=O) groups excluding carboxylic acids is 1. The second-order valence-electron chi connectivity index (χ2n) is 5.93. The summed E-state index contributed by atoms with van der Waals surface area (Å²) < 4.78 is 18.5. The van der Waals surface area contributed by atoms with Gasteiger partial charge in [0.15, 0.2) is 0 Å². The molecule has 1 aromatic heterocycles. The van der Waals surface area contributed by atoms with Crippen LogP contribution in [-0.2, 0) is 11.3 Å². The lowest BCUT2D eigenvalue weighted by atomic mass is 9.81. The second kappa shape index (κ2) is 8.58. The highest BCUT2D eigenvalue weighted by Gasteiger charge is 2.32. The van der Waals surface area contributed by atoms with Gasteiger partial charge in [-0.3, -0.25) is 4.79 Å². The minimum atomic E-state index is -0.527. The molecule has 25 heavy (non-hydrogen) atoms. The molecule has 0 radical (unpaired) electrons. The van der Waals surface area contributed by atoms with E-state index in [1.54, 1.807) is 18.3 Å². The molecule has 5 nitrogen and oxygen atoms in total. The average molecular weight is 345 g/mol. The molecule has 2 rings (SSSR count). The van der Waals surface area contributed by atoms with Crippen LogP contribution in [0.3, 0.4) is 0 Å². The van der Waals surface area contributed by atoms with Crippen LogP contribution in [0, 0.1) is 11.2 Å². The van der Waals surface area contributed by atoms with Gasteiger partial charge in [0.2, 0.25) is 11.8 Å². The van der Waals surface area contributed by atoms with Gasteiger partial charge in [0.1, 0.15) is 11.6 Å². The highest BCUT2D eigenvalue weighted by molar-refractivity contribution is 5.82. The Labute approximate surface area is 147 Å². The predicted octanol–water partition coefficient (Wildman–Crippen LogP) is 3.39. The Bertz CT molecular complexity index is 692. The molecule has 0 aliphatic carbocycles. The first kappa shape index (κ1) is 18.9. The van der Waals surface area contributed by atoms with Crippen molar-refractivity contribution in [3.63, 3.8) is 0 Å². The van der Waals surface area contributed by atoms with E-state index in [4.69, 9.17) is 10.5 Å². The number of hydrogen-bond donors (Lipinski definition) is 2. The molecular weight excluding hydrogens is 321 g/mol. The van der Waals surface area contributed by atoms with Crippen LogP contribution in [0.15, 0.2) is 42.6 Å². The Kier molecular flexibility index (Phi) is 6.47. The molecule has 1 amide bonds. The van der Waals surface area contributed by atoms with Gasteiger partial charge in [-0.1, -0.05) is 13.8 Å². The third-order valence-corrected chi connectivity index (χ3v) is 4.51. The van der Waals surface area contributed by atoms with Crippen LogP contribution < -0.4 is 15.8 Å². The molecule has 0 saturated heterocycles. The molecule has 1 aromatic carbocycles. The van der Waals surface area contributed by atoms with Crippen molar-refractivity contribution in [1.82, 2.24) is 10.3 Å². The van der Waals surface area contributed by atoms with Crippen LogP contribution in [-0.4, -0.2) is 17.4 Å². The molecule has 1 heterocycles. The number of nitrogens with two attached hydrogens (primary N) is 1. The molecule has 3 N–H and O–H groups in total. The number of amides is 1. The summed E-state index contributed by atoms with van der Waals surface area (Å²) in [6.45, 7) is 4.62. The van der Waals surface area contributed by atoms with E-state index in [1.807, 2.05) is 13.8 Å². The molecule has 0 aliphatic rings. The number of halogens is 1. The number of hydrogen-bond acceptors (Lipinski definition) is 4. The fraction of sp³-hybridized carbons (Fsp3) is 0.368. The number of pyridine rings is 1. The molecule has 0 spiro atoms. The van der Waals surface area contributed by atoms with Crippen molar-refractivity contribution in [2.24, 2.45) is 11.1 Å². The smallest absolute Gasteiger partial charge is 0.227 e. The van der Waals surface area contributed by atoms with Crippen LogP contribution in [0.2, 0.25) is 0 Å². The summed E-state index contributed by atoms with van der Waals surface area (Å²) in [5, 5.41) is 2.94. The van der Waals surface area contributed by atoms with E-state index in [0.717, 1.165) is 5.56 Å². The summed E-state index contributed by atoms with van der Waals surface area (Å²) in [5.41, 5.74) is 6.13. The second-order valence-corrected chi connectivity index (χ2v) is 5.93. The zero-order chi connectivity index (χ0) is 18.3. The van der Waals surface area contributed by atoms with E-state index < -0.39 is 5.41 Å². The Balaban J connectivity index is 2.01. The Hall–Kier alpha value is -2.47. The van der Waals surface area contributed by atoms with E-state index in [0.29, 0.717) is 37.6 Å². The lowest BCUT2D eigenvalue weighted by molar-refractivity contribution is -0.131. The van der Waals surface area contributed by atoms with Gasteiger partial charge >= 0.3 is 0 Å². The van der Waals surface area contributed by atoms with E-state index in [1.165, 1.54) is 24.3 Å². The normalized spacial score (nSPS) is 11.2. The fourth-order valence-corrected chi connectivity index (χ4v) is 2.56. The number of benzene rings is 1. The van der Waals surface area contributed by atoms with Gasteiger partial charge in [0, 0.05) is 25.4 Å². The highest BCUT2D eigenvalue weighted by Crippen LogP contribution is 2.25. The van der Waals surface area contributed by atoms with E-state index >= 15 is 0 Å². The largest absolute Gasteiger partial charge is 0.439 e. The van der Waals surface area contributed by atoms with Crippen LogP contribution in [0.1, 0.15) is 32.3 Å². The Morgan fingerprint density at radius 2 is 1.92 bits per heavy atom. The van der Waals surface area contributed by atoms with Crippen LogP contribution in [0.4, 0.5) is 4.39 Å². The minimum Gasteiger partial charge on any atom is -0.439 e. The molecule has 2 aromatic rings. The molecule has 0 saturated carbocycles. The third kappa shape index (κ3) is 4.76. The predicted molar refractivity (Wildman–Crippen MR) is 94.6 cm³/mol. The van der Waals surface area contributed by atoms with Gasteiger partial charge in [-0.15, -0.1) is 0 Å². The van der Waals surface area contributed by atoms with Crippen LogP contribution in [0.25, 0.3) is 0 Å². The molecule has 0 bridgehead atoms. The first-order valence-corrected chi connectivity index (χ1v) is 8.39. The first-order valence-electron chi connectivity index (χ1n) is 8.39. The van der Waals surface area contributed by atoms with E-state index in [2.05, 4.69) is 10.3 Å². The van der Waals surface area contributed by atoms with Gasteiger partial charge in [0.05, 0.1) is 5.41 Å². The maximum Gasteiger partial charge on any atom is 0.227 e. The fourth-order valence-electron chi connectivity index (χ4n) is 2.56. The SMILES string of the molecule is CCC(CC)(CN)C(=O)NCc1ccnc(Oc2ccc(F)cc2)c1. The summed E-state index contributed by atoms with van der Waals surface area (Å²) in [4.78, 5) is 16.6. The first-order chi connectivity index (χ1) is 12.0. The quantitative estimate of drug-likeness (QED) is 0.769.